The van der Waals surface area contributed by atoms with Crippen LogP contribution in [0.5, 0.6) is 5.88 Å². The summed E-state index contributed by atoms with van der Waals surface area (Å²) in [6.45, 7) is 0. The number of hydrogen-bond donors (Lipinski definition) is 1. The number of ether oxygens (including phenoxy) is 1. The van der Waals surface area contributed by atoms with E-state index in [0.717, 1.165) is 22.3 Å². The molecule has 1 unspecified atom stereocenters. The molecule has 0 saturated heterocycles. The Balaban J connectivity index is 1.55. The van der Waals surface area contributed by atoms with Crippen molar-refractivity contribution in [1.82, 2.24) is 14.6 Å². The predicted octanol–water partition coefficient (Wildman–Crippen LogP) is 3.30. The van der Waals surface area contributed by atoms with Gasteiger partial charge in [0.25, 0.3) is 11.8 Å². The largest absolute Gasteiger partial charge is 0.481 e. The number of quaternary nitrogens is 1. The summed E-state index contributed by atoms with van der Waals surface area (Å²) < 4.78 is 5.17. The molecule has 0 bridgehead atoms. The van der Waals surface area contributed by atoms with Gasteiger partial charge in [0, 0.05) is 17.5 Å². The van der Waals surface area contributed by atoms with Crippen molar-refractivity contribution in [3.05, 3.63) is 67.3 Å². The summed E-state index contributed by atoms with van der Waals surface area (Å²) in [7, 11) is 1.58. The molecule has 4 heterocycles. The Morgan fingerprint density at radius 1 is 1.04 bits per heavy atom. The Hall–Kier alpha value is -3.91. The lowest BCUT2D eigenvalue weighted by molar-refractivity contribution is 0.398. The number of para-hydroxylation sites is 1. The van der Waals surface area contributed by atoms with Crippen LogP contribution in [0.2, 0.25) is 0 Å². The van der Waals surface area contributed by atoms with Gasteiger partial charge >= 0.3 is 0 Å². The van der Waals surface area contributed by atoms with E-state index in [1.54, 1.807) is 31.8 Å². The number of nitrogens with one attached hydrogen (secondary N) is 1. The Morgan fingerprint density at radius 2 is 1.96 bits per heavy atom. The Morgan fingerprint density at radius 3 is 2.82 bits per heavy atom. The quantitative estimate of drug-likeness (QED) is 0.717. The molecule has 0 amide bonds. The number of pyridine rings is 2. The van der Waals surface area contributed by atoms with Gasteiger partial charge in [0.1, 0.15) is 6.21 Å². The zero-order valence-electron chi connectivity index (χ0n) is 15.0. The van der Waals surface area contributed by atoms with Gasteiger partial charge in [-0.05, 0) is 17.2 Å². The summed E-state index contributed by atoms with van der Waals surface area (Å²) in [6.07, 6.45) is 8.80. The van der Waals surface area contributed by atoms with E-state index in [1.165, 1.54) is 0 Å². The van der Waals surface area contributed by atoms with Crippen molar-refractivity contribution in [1.29, 1.82) is 0 Å². The number of anilines is 1. The normalized spacial score (nSPS) is 19.9. The molecule has 5 rings (SSSR count). The fraction of sp³-hybridized carbons (Fsp3) is 0.0500. The molecule has 2 aliphatic rings. The van der Waals surface area contributed by atoms with Gasteiger partial charge in [-0.3, -0.25) is 4.99 Å². The molecule has 136 valence electrons. The van der Waals surface area contributed by atoms with Crippen molar-refractivity contribution in [3.8, 4) is 5.88 Å². The number of guanidine groups is 1. The Bertz CT molecular complexity index is 1180. The number of amidine groups is 1. The minimum atomic E-state index is 0.0766. The minimum Gasteiger partial charge on any atom is -0.481 e. The number of benzene rings is 1. The SMILES string of the molecule is COc1ccc(NC2=N[N+]3(c4cnc5ccccc5c4)C=CN=CC3=N2)cn1. The van der Waals surface area contributed by atoms with Gasteiger partial charge in [-0.25, -0.2) is 9.97 Å². The van der Waals surface area contributed by atoms with Gasteiger partial charge in [0.2, 0.25) is 5.88 Å². The maximum Gasteiger partial charge on any atom is 0.287 e. The average molecular weight is 370 g/mol. The van der Waals surface area contributed by atoms with Crippen LogP contribution in [0.3, 0.4) is 0 Å². The monoisotopic (exact) mass is 370 g/mol. The van der Waals surface area contributed by atoms with Gasteiger partial charge in [0.05, 0.1) is 36.9 Å². The molecule has 3 aromatic rings. The van der Waals surface area contributed by atoms with Gasteiger partial charge in [-0.1, -0.05) is 22.8 Å². The highest BCUT2D eigenvalue weighted by Crippen LogP contribution is 2.32. The number of nitrogens with zero attached hydrogens (tertiary/aromatic N) is 6. The molecule has 1 N–H and O–H groups in total. The molecule has 0 aliphatic carbocycles. The molecule has 1 atom stereocenters. The highest BCUT2D eigenvalue weighted by molar-refractivity contribution is 6.38. The lowest BCUT2D eigenvalue weighted by Crippen LogP contribution is -2.44. The molecule has 2 aromatic heterocycles. The van der Waals surface area contributed by atoms with Crippen LogP contribution >= 0.6 is 0 Å². The lowest BCUT2D eigenvalue weighted by atomic mass is 10.2. The number of methoxy groups -OCH3 is 1. The number of fused-ring (bicyclic) bond motifs is 2. The zero-order valence-corrected chi connectivity index (χ0v) is 15.0. The topological polar surface area (TPSA) is 84.1 Å². The molecule has 0 radical (unpaired) electrons. The maximum atomic E-state index is 5.09. The van der Waals surface area contributed by atoms with Crippen LogP contribution in [0, 0.1) is 0 Å². The summed E-state index contributed by atoms with van der Waals surface area (Å²) in [5.41, 5.74) is 2.58. The van der Waals surface area contributed by atoms with E-state index in [4.69, 9.17) is 9.84 Å². The van der Waals surface area contributed by atoms with Gasteiger partial charge in [-0.15, -0.1) is 0 Å². The first-order valence-corrected chi connectivity index (χ1v) is 8.68. The van der Waals surface area contributed by atoms with E-state index >= 15 is 0 Å². The van der Waals surface area contributed by atoms with Crippen LogP contribution in [0.4, 0.5) is 11.4 Å². The maximum absolute atomic E-state index is 5.09. The summed E-state index contributed by atoms with van der Waals surface area (Å²) in [6, 6.07) is 13.7. The van der Waals surface area contributed by atoms with Crippen LogP contribution in [0.15, 0.2) is 82.3 Å². The van der Waals surface area contributed by atoms with E-state index in [-0.39, 0.29) is 4.59 Å². The van der Waals surface area contributed by atoms with E-state index < -0.39 is 0 Å². The van der Waals surface area contributed by atoms with Crippen molar-refractivity contribution in [3.63, 3.8) is 0 Å². The summed E-state index contributed by atoms with van der Waals surface area (Å²) >= 11 is 0. The molecule has 0 saturated carbocycles. The summed E-state index contributed by atoms with van der Waals surface area (Å²) in [4.78, 5) is 17.6. The number of aliphatic imine (C=N–C) groups is 2. The fourth-order valence-electron chi connectivity index (χ4n) is 3.16. The minimum absolute atomic E-state index is 0.0766. The van der Waals surface area contributed by atoms with E-state index in [2.05, 4.69) is 31.3 Å². The molecular weight excluding hydrogens is 354 g/mol. The summed E-state index contributed by atoms with van der Waals surface area (Å²) in [5, 5.41) is 9.05. The molecule has 0 fully saturated rings. The van der Waals surface area contributed by atoms with Crippen molar-refractivity contribution in [2.45, 2.75) is 0 Å². The van der Waals surface area contributed by atoms with Crippen LogP contribution in [0.25, 0.3) is 10.9 Å². The van der Waals surface area contributed by atoms with Crippen molar-refractivity contribution < 1.29 is 4.74 Å². The molecule has 28 heavy (non-hydrogen) atoms. The smallest absolute Gasteiger partial charge is 0.287 e. The van der Waals surface area contributed by atoms with Crippen LogP contribution in [-0.2, 0) is 0 Å². The first-order valence-electron chi connectivity index (χ1n) is 8.68. The molecule has 2 aliphatic heterocycles. The first kappa shape index (κ1) is 16.3. The zero-order chi connectivity index (χ0) is 19.0. The van der Waals surface area contributed by atoms with Crippen molar-refractivity contribution in [2.75, 3.05) is 12.4 Å². The highest BCUT2D eigenvalue weighted by Gasteiger charge is 2.43. The third-order valence-corrected chi connectivity index (χ3v) is 4.55. The lowest BCUT2D eigenvalue weighted by Gasteiger charge is -2.23. The molecule has 8 nitrogen and oxygen atoms in total. The van der Waals surface area contributed by atoms with E-state index in [0.29, 0.717) is 17.7 Å². The second-order valence-electron chi connectivity index (χ2n) is 6.26. The molecular formula is C20H16N7O+. The fourth-order valence-corrected chi connectivity index (χ4v) is 3.16. The van der Waals surface area contributed by atoms with E-state index in [1.807, 2.05) is 42.7 Å². The number of aromatic nitrogens is 2. The molecule has 0 spiro atoms. The third kappa shape index (κ3) is 2.63. The first-order chi connectivity index (χ1) is 13.8. The van der Waals surface area contributed by atoms with Crippen LogP contribution in [-0.4, -0.2) is 35.1 Å². The van der Waals surface area contributed by atoms with Crippen LogP contribution in [0.1, 0.15) is 0 Å². The molecule has 8 heteroatoms. The third-order valence-electron chi connectivity index (χ3n) is 4.55. The van der Waals surface area contributed by atoms with Crippen molar-refractivity contribution in [2.24, 2.45) is 15.1 Å². The highest BCUT2D eigenvalue weighted by atomic mass is 16.5. The predicted molar refractivity (Wildman–Crippen MR) is 110 cm³/mol. The van der Waals surface area contributed by atoms with Gasteiger partial charge < -0.3 is 10.1 Å². The molecule has 1 aromatic carbocycles. The van der Waals surface area contributed by atoms with Crippen LogP contribution < -0.4 is 14.6 Å². The average Bonchev–Trinajstić information content (AvgIpc) is 3.13. The number of hydrogen-bond acceptors (Lipinski definition) is 7. The van der Waals surface area contributed by atoms with Gasteiger partial charge in [0.15, 0.2) is 11.9 Å². The second kappa shape index (κ2) is 6.36. The Kier molecular flexibility index (Phi) is 3.70. The van der Waals surface area contributed by atoms with Crippen molar-refractivity contribution >= 4 is 40.3 Å². The second-order valence-corrected chi connectivity index (χ2v) is 6.26. The number of rotatable bonds is 3. The summed E-state index contributed by atoms with van der Waals surface area (Å²) in [5.74, 6) is 1.69. The van der Waals surface area contributed by atoms with Gasteiger partial charge in [-0.2, -0.15) is 4.99 Å². The Labute approximate surface area is 160 Å². The standard InChI is InChI=1S/C20H16N7O/c1-28-19-7-6-15(11-23-19)24-20-25-18-13-21-8-9-27(18,26-20)16-10-14-4-2-3-5-17(14)22-12-16/h2-13H,1H3,(H,24,26)/q+1. The van der Waals surface area contributed by atoms with E-state index in [9.17, 15) is 0 Å².